The van der Waals surface area contributed by atoms with Gasteiger partial charge in [0.05, 0.1) is 18.8 Å². The number of ether oxygens (including phenoxy) is 2. The Morgan fingerprint density at radius 3 is 2.53 bits per heavy atom. The molecular formula is C13H16O4. The normalized spacial score (nSPS) is 23.4. The first-order chi connectivity index (χ1) is 8.20. The van der Waals surface area contributed by atoms with Gasteiger partial charge in [-0.2, -0.15) is 0 Å². The second-order valence-corrected chi connectivity index (χ2v) is 4.17. The summed E-state index contributed by atoms with van der Waals surface area (Å²) in [4.78, 5) is 11.8. The van der Waals surface area contributed by atoms with E-state index < -0.39 is 12.1 Å². The molecule has 4 nitrogen and oxygen atoms in total. The fourth-order valence-electron chi connectivity index (χ4n) is 1.98. The molecule has 0 heterocycles. The highest BCUT2D eigenvalue weighted by Crippen LogP contribution is 2.23. The number of esters is 1. The molecule has 0 bridgehead atoms. The Kier molecular flexibility index (Phi) is 3.64. The summed E-state index contributed by atoms with van der Waals surface area (Å²) in [5.41, 5.74) is 0.477. The Hall–Kier alpha value is -1.55. The minimum absolute atomic E-state index is 0.357. The molecule has 2 atom stereocenters. The Morgan fingerprint density at radius 2 is 2.00 bits per heavy atom. The number of hydrogen-bond acceptors (Lipinski definition) is 4. The molecule has 1 aliphatic carbocycles. The lowest BCUT2D eigenvalue weighted by molar-refractivity contribution is -0.00484. The summed E-state index contributed by atoms with van der Waals surface area (Å²) in [7, 11) is 1.57. The molecule has 0 amide bonds. The maximum Gasteiger partial charge on any atom is 0.338 e. The summed E-state index contributed by atoms with van der Waals surface area (Å²) in [5.74, 6) is 0.307. The molecule has 1 fully saturated rings. The monoisotopic (exact) mass is 236 g/mol. The summed E-state index contributed by atoms with van der Waals surface area (Å²) >= 11 is 0. The molecule has 0 radical (unpaired) electrons. The highest BCUT2D eigenvalue weighted by Gasteiger charge is 2.28. The van der Waals surface area contributed by atoms with Gasteiger partial charge < -0.3 is 14.6 Å². The predicted octanol–water partition coefficient (Wildman–Crippen LogP) is 1.77. The van der Waals surface area contributed by atoms with Gasteiger partial charge >= 0.3 is 5.97 Å². The summed E-state index contributed by atoms with van der Waals surface area (Å²) in [6.45, 7) is 0. The summed E-state index contributed by atoms with van der Waals surface area (Å²) in [5, 5.41) is 9.57. The van der Waals surface area contributed by atoms with Gasteiger partial charge in [0, 0.05) is 0 Å². The van der Waals surface area contributed by atoms with Crippen molar-refractivity contribution in [2.75, 3.05) is 7.11 Å². The lowest BCUT2D eigenvalue weighted by atomic mass is 10.2. The first-order valence-electron chi connectivity index (χ1n) is 5.74. The zero-order chi connectivity index (χ0) is 12.3. The zero-order valence-corrected chi connectivity index (χ0v) is 9.76. The maximum absolute atomic E-state index is 11.8. The van der Waals surface area contributed by atoms with Crippen molar-refractivity contribution in [2.45, 2.75) is 31.5 Å². The zero-order valence-electron chi connectivity index (χ0n) is 9.76. The van der Waals surface area contributed by atoms with Crippen molar-refractivity contribution < 1.29 is 19.4 Å². The standard InChI is InChI=1S/C13H16O4/c1-16-10-7-5-9(6-8-10)13(15)17-12-4-2-3-11(12)14/h5-8,11-12,14H,2-4H2,1H3/t11-,12+/m1/s1. The number of hydrogen-bond donors (Lipinski definition) is 1. The van der Waals surface area contributed by atoms with Crippen LogP contribution in [-0.2, 0) is 4.74 Å². The topological polar surface area (TPSA) is 55.8 Å². The van der Waals surface area contributed by atoms with E-state index in [2.05, 4.69) is 0 Å². The second-order valence-electron chi connectivity index (χ2n) is 4.17. The molecule has 1 aromatic rings. The molecule has 1 aliphatic rings. The Bertz CT molecular complexity index is 385. The van der Waals surface area contributed by atoms with Crippen LogP contribution in [0.1, 0.15) is 29.6 Å². The van der Waals surface area contributed by atoms with E-state index in [4.69, 9.17) is 9.47 Å². The Balaban J connectivity index is 1.99. The van der Waals surface area contributed by atoms with Crippen LogP contribution in [-0.4, -0.2) is 30.4 Å². The van der Waals surface area contributed by atoms with Crippen molar-refractivity contribution in [1.29, 1.82) is 0 Å². The van der Waals surface area contributed by atoms with Crippen LogP contribution in [0.15, 0.2) is 24.3 Å². The largest absolute Gasteiger partial charge is 0.497 e. The van der Waals surface area contributed by atoms with E-state index in [1.165, 1.54) is 0 Å². The van der Waals surface area contributed by atoms with Crippen molar-refractivity contribution >= 4 is 5.97 Å². The first kappa shape index (κ1) is 11.9. The molecule has 92 valence electrons. The van der Waals surface area contributed by atoms with Crippen molar-refractivity contribution in [2.24, 2.45) is 0 Å². The third-order valence-electron chi connectivity index (χ3n) is 3.00. The molecule has 1 N–H and O–H groups in total. The van der Waals surface area contributed by atoms with E-state index in [0.717, 1.165) is 12.8 Å². The van der Waals surface area contributed by atoms with Crippen molar-refractivity contribution in [3.05, 3.63) is 29.8 Å². The van der Waals surface area contributed by atoms with Crippen LogP contribution in [0.3, 0.4) is 0 Å². The highest BCUT2D eigenvalue weighted by molar-refractivity contribution is 5.89. The van der Waals surface area contributed by atoms with Crippen molar-refractivity contribution in [3.8, 4) is 5.75 Å². The van der Waals surface area contributed by atoms with Crippen LogP contribution in [0.2, 0.25) is 0 Å². The number of methoxy groups -OCH3 is 1. The summed E-state index contributed by atoms with van der Waals surface area (Å²) in [6.07, 6.45) is 1.48. The Morgan fingerprint density at radius 1 is 1.29 bits per heavy atom. The van der Waals surface area contributed by atoms with Gasteiger partial charge in [0.2, 0.25) is 0 Å². The molecular weight excluding hydrogens is 220 g/mol. The van der Waals surface area contributed by atoms with E-state index in [0.29, 0.717) is 17.7 Å². The predicted molar refractivity (Wildman–Crippen MR) is 62.1 cm³/mol. The fourth-order valence-corrected chi connectivity index (χ4v) is 1.98. The quantitative estimate of drug-likeness (QED) is 0.812. The van der Waals surface area contributed by atoms with Crippen LogP contribution >= 0.6 is 0 Å². The SMILES string of the molecule is COc1ccc(C(=O)O[C@H]2CCC[C@H]2O)cc1. The number of rotatable bonds is 3. The van der Waals surface area contributed by atoms with Gasteiger partial charge in [-0.05, 0) is 43.5 Å². The van der Waals surface area contributed by atoms with Crippen LogP contribution in [0.5, 0.6) is 5.75 Å². The number of aliphatic hydroxyl groups excluding tert-OH is 1. The lowest BCUT2D eigenvalue weighted by Crippen LogP contribution is -2.25. The number of aliphatic hydroxyl groups is 1. The van der Waals surface area contributed by atoms with Gasteiger partial charge in [-0.15, -0.1) is 0 Å². The van der Waals surface area contributed by atoms with Crippen LogP contribution < -0.4 is 4.74 Å². The minimum atomic E-state index is -0.516. The third kappa shape index (κ3) is 2.77. The van der Waals surface area contributed by atoms with Gasteiger partial charge in [0.15, 0.2) is 0 Å². The van der Waals surface area contributed by atoms with Gasteiger partial charge in [-0.1, -0.05) is 0 Å². The van der Waals surface area contributed by atoms with Crippen molar-refractivity contribution in [1.82, 2.24) is 0 Å². The molecule has 0 saturated heterocycles. The van der Waals surface area contributed by atoms with E-state index in [-0.39, 0.29) is 6.10 Å². The molecule has 0 aliphatic heterocycles. The highest BCUT2D eigenvalue weighted by atomic mass is 16.6. The van der Waals surface area contributed by atoms with E-state index in [1.54, 1.807) is 31.4 Å². The van der Waals surface area contributed by atoms with Gasteiger partial charge in [0.25, 0.3) is 0 Å². The molecule has 2 rings (SSSR count). The molecule has 17 heavy (non-hydrogen) atoms. The Labute approximate surface area is 100 Å². The molecule has 4 heteroatoms. The number of benzene rings is 1. The van der Waals surface area contributed by atoms with Gasteiger partial charge in [0.1, 0.15) is 11.9 Å². The summed E-state index contributed by atoms with van der Waals surface area (Å²) < 4.78 is 10.3. The number of carbonyl (C=O) groups is 1. The van der Waals surface area contributed by atoms with E-state index in [1.807, 2.05) is 0 Å². The minimum Gasteiger partial charge on any atom is -0.497 e. The van der Waals surface area contributed by atoms with E-state index in [9.17, 15) is 9.90 Å². The fraction of sp³-hybridized carbons (Fsp3) is 0.462. The molecule has 1 saturated carbocycles. The molecule has 1 aromatic carbocycles. The first-order valence-corrected chi connectivity index (χ1v) is 5.74. The van der Waals surface area contributed by atoms with Crippen LogP contribution in [0.4, 0.5) is 0 Å². The van der Waals surface area contributed by atoms with E-state index >= 15 is 0 Å². The second kappa shape index (κ2) is 5.19. The average Bonchev–Trinajstić information content (AvgIpc) is 2.75. The molecule has 0 aromatic heterocycles. The third-order valence-corrected chi connectivity index (χ3v) is 3.00. The lowest BCUT2D eigenvalue weighted by Gasteiger charge is -2.15. The average molecular weight is 236 g/mol. The van der Waals surface area contributed by atoms with Gasteiger partial charge in [-0.3, -0.25) is 0 Å². The van der Waals surface area contributed by atoms with Crippen molar-refractivity contribution in [3.63, 3.8) is 0 Å². The van der Waals surface area contributed by atoms with Crippen LogP contribution in [0, 0.1) is 0 Å². The summed E-state index contributed by atoms with van der Waals surface area (Å²) in [6, 6.07) is 6.73. The smallest absolute Gasteiger partial charge is 0.338 e. The van der Waals surface area contributed by atoms with Crippen LogP contribution in [0.25, 0.3) is 0 Å². The number of carbonyl (C=O) groups excluding carboxylic acids is 1. The maximum atomic E-state index is 11.8. The van der Waals surface area contributed by atoms with Gasteiger partial charge in [-0.25, -0.2) is 4.79 Å². The molecule has 0 spiro atoms. The molecule has 0 unspecified atom stereocenters.